The first-order valence-corrected chi connectivity index (χ1v) is 8.66. The van der Waals surface area contributed by atoms with Gasteiger partial charge in [-0.05, 0) is 39.2 Å². The normalized spacial score (nSPS) is 24.8. The monoisotopic (exact) mass is 343 g/mol. The van der Waals surface area contributed by atoms with Crippen LogP contribution in [0.3, 0.4) is 0 Å². The summed E-state index contributed by atoms with van der Waals surface area (Å²) in [5.41, 5.74) is 1.03. The van der Waals surface area contributed by atoms with E-state index in [-0.39, 0.29) is 23.7 Å². The van der Waals surface area contributed by atoms with Gasteiger partial charge < -0.3 is 19.8 Å². The number of fused-ring (bicyclic) bond motifs is 3. The van der Waals surface area contributed by atoms with Crippen LogP contribution in [0.5, 0.6) is 0 Å². The first-order valence-electron chi connectivity index (χ1n) is 8.66. The third-order valence-corrected chi connectivity index (χ3v) is 4.87. The van der Waals surface area contributed by atoms with Crippen molar-refractivity contribution in [2.24, 2.45) is 0 Å². The standard InChI is InChI=1S/C18H21N3O4/c1-9(2)25-18(23)12-8-24-16-7-19-15(6-11(12)16)17(22)21-14-5-10-3-4-13(14)20-10/h6-10,13-14,20H,3-5H2,1-2H3,(H,21,22)/t10-,13+,14-/m1/s1. The molecule has 0 unspecified atom stereocenters. The van der Waals surface area contributed by atoms with E-state index in [0.717, 1.165) is 12.8 Å². The van der Waals surface area contributed by atoms with E-state index in [1.807, 2.05) is 0 Å². The van der Waals surface area contributed by atoms with Crippen LogP contribution < -0.4 is 10.6 Å². The molecule has 4 heterocycles. The van der Waals surface area contributed by atoms with Crippen molar-refractivity contribution in [2.75, 3.05) is 0 Å². The van der Waals surface area contributed by atoms with Gasteiger partial charge in [0.2, 0.25) is 0 Å². The lowest BCUT2D eigenvalue weighted by molar-refractivity contribution is 0.0379. The van der Waals surface area contributed by atoms with Crippen LogP contribution in [0.25, 0.3) is 11.0 Å². The Morgan fingerprint density at radius 2 is 2.24 bits per heavy atom. The number of nitrogens with zero attached hydrogens (tertiary/aromatic N) is 1. The lowest BCUT2D eigenvalue weighted by atomic mass is 9.95. The van der Waals surface area contributed by atoms with E-state index in [1.54, 1.807) is 19.9 Å². The molecule has 2 N–H and O–H groups in total. The minimum absolute atomic E-state index is 0.137. The van der Waals surface area contributed by atoms with Gasteiger partial charge in [-0.3, -0.25) is 4.79 Å². The highest BCUT2D eigenvalue weighted by atomic mass is 16.5. The average Bonchev–Trinajstić information content (AvgIpc) is 3.28. The highest BCUT2D eigenvalue weighted by Gasteiger charge is 2.39. The molecule has 0 radical (unpaired) electrons. The predicted octanol–water partition coefficient (Wildman–Crippen LogP) is 2.02. The molecule has 132 valence electrons. The Bertz CT molecular complexity index is 829. The van der Waals surface area contributed by atoms with Crippen LogP contribution in [-0.2, 0) is 4.74 Å². The minimum atomic E-state index is -0.469. The molecule has 1 amide bonds. The van der Waals surface area contributed by atoms with Crippen molar-refractivity contribution in [3.8, 4) is 0 Å². The zero-order valence-corrected chi connectivity index (χ0v) is 14.2. The largest absolute Gasteiger partial charge is 0.462 e. The molecule has 0 aromatic carbocycles. The van der Waals surface area contributed by atoms with Gasteiger partial charge in [-0.1, -0.05) is 0 Å². The van der Waals surface area contributed by atoms with E-state index in [0.29, 0.717) is 28.6 Å². The van der Waals surface area contributed by atoms with Crippen molar-refractivity contribution >= 4 is 22.8 Å². The summed E-state index contributed by atoms with van der Waals surface area (Å²) in [7, 11) is 0. The van der Waals surface area contributed by atoms with Gasteiger partial charge >= 0.3 is 5.97 Å². The molecule has 2 saturated heterocycles. The second kappa shape index (κ2) is 6.15. The first-order chi connectivity index (χ1) is 12.0. The number of furan rings is 1. The number of pyridine rings is 1. The van der Waals surface area contributed by atoms with Crippen molar-refractivity contribution in [1.82, 2.24) is 15.6 Å². The molecular formula is C18H21N3O4. The summed E-state index contributed by atoms with van der Waals surface area (Å²) in [6, 6.07) is 2.59. The van der Waals surface area contributed by atoms with Crippen LogP contribution in [0.2, 0.25) is 0 Å². The molecule has 25 heavy (non-hydrogen) atoms. The van der Waals surface area contributed by atoms with Crippen LogP contribution in [0.4, 0.5) is 0 Å². The highest BCUT2D eigenvalue weighted by molar-refractivity contribution is 6.05. The number of ether oxygens (including phenoxy) is 1. The van der Waals surface area contributed by atoms with Crippen LogP contribution in [-0.4, -0.2) is 41.1 Å². The van der Waals surface area contributed by atoms with Gasteiger partial charge in [0, 0.05) is 23.5 Å². The lowest BCUT2D eigenvalue weighted by Crippen LogP contribution is -2.43. The summed E-state index contributed by atoms with van der Waals surface area (Å²) in [6.07, 6.45) is 5.81. The van der Waals surface area contributed by atoms with Crippen LogP contribution in [0.1, 0.15) is 54.0 Å². The molecule has 2 bridgehead atoms. The molecule has 0 aliphatic carbocycles. The van der Waals surface area contributed by atoms with E-state index in [1.165, 1.54) is 18.9 Å². The first kappa shape index (κ1) is 16.1. The maximum Gasteiger partial charge on any atom is 0.342 e. The van der Waals surface area contributed by atoms with Crippen molar-refractivity contribution in [2.45, 2.75) is 57.3 Å². The van der Waals surface area contributed by atoms with E-state index < -0.39 is 5.97 Å². The van der Waals surface area contributed by atoms with Gasteiger partial charge in [0.15, 0.2) is 5.58 Å². The minimum Gasteiger partial charge on any atom is -0.462 e. The van der Waals surface area contributed by atoms with E-state index in [2.05, 4.69) is 15.6 Å². The molecule has 7 heteroatoms. The second-order valence-electron chi connectivity index (χ2n) is 7.03. The van der Waals surface area contributed by atoms with Gasteiger partial charge in [-0.25, -0.2) is 9.78 Å². The lowest BCUT2D eigenvalue weighted by Gasteiger charge is -2.21. The van der Waals surface area contributed by atoms with Gasteiger partial charge in [0.25, 0.3) is 5.91 Å². The Morgan fingerprint density at radius 3 is 2.92 bits per heavy atom. The van der Waals surface area contributed by atoms with Gasteiger partial charge in [-0.2, -0.15) is 0 Å². The van der Waals surface area contributed by atoms with Crippen LogP contribution >= 0.6 is 0 Å². The maximum atomic E-state index is 12.6. The molecule has 7 nitrogen and oxygen atoms in total. The second-order valence-corrected chi connectivity index (χ2v) is 7.03. The fraction of sp³-hybridized carbons (Fsp3) is 0.500. The molecule has 2 aliphatic heterocycles. The Kier molecular flexibility index (Phi) is 3.95. The quantitative estimate of drug-likeness (QED) is 0.825. The van der Waals surface area contributed by atoms with Gasteiger partial charge in [-0.15, -0.1) is 0 Å². The predicted molar refractivity (Wildman–Crippen MR) is 90.4 cm³/mol. The number of nitrogens with one attached hydrogen (secondary N) is 2. The molecule has 2 aliphatic rings. The van der Waals surface area contributed by atoms with Crippen molar-refractivity contribution in [3.63, 3.8) is 0 Å². The van der Waals surface area contributed by atoms with Crippen molar-refractivity contribution in [1.29, 1.82) is 0 Å². The topological polar surface area (TPSA) is 93.5 Å². The number of aromatic nitrogens is 1. The molecule has 4 rings (SSSR count). The van der Waals surface area contributed by atoms with Crippen molar-refractivity contribution < 1.29 is 18.7 Å². The summed E-state index contributed by atoms with van der Waals surface area (Å²) < 4.78 is 10.6. The smallest absolute Gasteiger partial charge is 0.342 e. The number of esters is 1. The summed E-state index contributed by atoms with van der Waals surface area (Å²) in [5.74, 6) is -0.700. The number of carbonyl (C=O) groups is 2. The van der Waals surface area contributed by atoms with Crippen LogP contribution in [0.15, 0.2) is 22.9 Å². The van der Waals surface area contributed by atoms with Gasteiger partial charge in [0.05, 0.1) is 12.3 Å². The summed E-state index contributed by atoms with van der Waals surface area (Å²) in [5, 5.41) is 7.08. The molecule has 0 saturated carbocycles. The zero-order chi connectivity index (χ0) is 17.6. The Hall–Kier alpha value is -2.41. The van der Waals surface area contributed by atoms with Crippen LogP contribution in [0, 0.1) is 0 Å². The Balaban J connectivity index is 1.55. The third-order valence-electron chi connectivity index (χ3n) is 4.87. The number of hydrogen-bond acceptors (Lipinski definition) is 6. The number of carbonyl (C=O) groups excluding carboxylic acids is 2. The maximum absolute atomic E-state index is 12.6. The molecule has 2 aromatic rings. The highest BCUT2D eigenvalue weighted by Crippen LogP contribution is 2.28. The Morgan fingerprint density at radius 1 is 1.40 bits per heavy atom. The molecular weight excluding hydrogens is 322 g/mol. The number of hydrogen-bond donors (Lipinski definition) is 2. The van der Waals surface area contributed by atoms with E-state index in [4.69, 9.17) is 9.15 Å². The van der Waals surface area contributed by atoms with Gasteiger partial charge in [0.1, 0.15) is 17.5 Å². The van der Waals surface area contributed by atoms with E-state index in [9.17, 15) is 9.59 Å². The summed E-state index contributed by atoms with van der Waals surface area (Å²) in [4.78, 5) is 28.9. The molecule has 0 spiro atoms. The average molecular weight is 343 g/mol. The molecule has 2 aromatic heterocycles. The SMILES string of the molecule is CC(C)OC(=O)c1coc2cnc(C(=O)N[C@@H]3C[C@H]4CC[C@@H]3N4)cc12. The summed E-state index contributed by atoms with van der Waals surface area (Å²) in [6.45, 7) is 3.56. The zero-order valence-electron chi connectivity index (χ0n) is 14.2. The molecule has 3 atom stereocenters. The number of amides is 1. The summed E-state index contributed by atoms with van der Waals surface area (Å²) >= 11 is 0. The fourth-order valence-electron chi connectivity index (χ4n) is 3.72. The fourth-order valence-corrected chi connectivity index (χ4v) is 3.72. The van der Waals surface area contributed by atoms with Crippen molar-refractivity contribution in [3.05, 3.63) is 29.8 Å². The third kappa shape index (κ3) is 3.00. The molecule has 2 fully saturated rings. The Labute approximate surface area is 145 Å². The van der Waals surface area contributed by atoms with E-state index >= 15 is 0 Å². The number of rotatable bonds is 4.